The Morgan fingerprint density at radius 2 is 1.73 bits per heavy atom. The summed E-state index contributed by atoms with van der Waals surface area (Å²) in [5.74, 6) is -0.901. The normalized spacial score (nSPS) is 17.7. The van der Waals surface area contributed by atoms with Crippen LogP contribution in [-0.2, 0) is 21.2 Å². The topological polar surface area (TPSA) is 101 Å². The Labute approximate surface area is 173 Å². The van der Waals surface area contributed by atoms with Crippen molar-refractivity contribution in [2.24, 2.45) is 5.92 Å². The lowest BCUT2D eigenvalue weighted by Gasteiger charge is -2.32. The van der Waals surface area contributed by atoms with Crippen molar-refractivity contribution in [1.29, 1.82) is 0 Å². The van der Waals surface area contributed by atoms with Crippen LogP contribution in [0.3, 0.4) is 0 Å². The summed E-state index contributed by atoms with van der Waals surface area (Å²) in [5, 5.41) is 10.9. The fourth-order valence-electron chi connectivity index (χ4n) is 4.05. The van der Waals surface area contributed by atoms with E-state index >= 15 is 0 Å². The first kappa shape index (κ1) is 20.4. The van der Waals surface area contributed by atoms with Crippen LogP contribution in [0.1, 0.15) is 18.4 Å². The molecule has 0 bridgehead atoms. The van der Waals surface area contributed by atoms with E-state index in [0.29, 0.717) is 31.5 Å². The summed E-state index contributed by atoms with van der Waals surface area (Å²) in [7, 11) is -3.73. The zero-order valence-electron chi connectivity index (χ0n) is 16.0. The number of anilines is 1. The smallest absolute Gasteiger partial charge is 0.269 e. The van der Waals surface area contributed by atoms with Gasteiger partial charge in [-0.05, 0) is 55.2 Å². The molecule has 10 heteroatoms. The molecule has 2 heterocycles. The third-order valence-electron chi connectivity index (χ3n) is 5.69. The molecule has 2 aromatic rings. The minimum atomic E-state index is -3.73. The number of carbonyl (C=O) groups excluding carboxylic acids is 1. The number of nitrogens with zero attached hydrogens (tertiary/aromatic N) is 3. The summed E-state index contributed by atoms with van der Waals surface area (Å²) >= 11 is 0. The number of halogens is 1. The van der Waals surface area contributed by atoms with E-state index in [9.17, 15) is 27.7 Å². The van der Waals surface area contributed by atoms with Crippen molar-refractivity contribution in [2.75, 3.05) is 24.5 Å². The summed E-state index contributed by atoms with van der Waals surface area (Å²) in [6.07, 6.45) is 1.33. The number of piperidine rings is 1. The highest BCUT2D eigenvalue weighted by atomic mass is 32.2. The number of hydrogen-bond acceptors (Lipinski definition) is 5. The molecular weight excluding hydrogens is 413 g/mol. The number of fused-ring (bicyclic) bond motifs is 1. The number of carbonyl (C=O) groups is 1. The zero-order chi connectivity index (χ0) is 21.5. The van der Waals surface area contributed by atoms with E-state index in [1.54, 1.807) is 11.0 Å². The van der Waals surface area contributed by atoms with E-state index < -0.39 is 20.8 Å². The molecule has 1 fully saturated rings. The Morgan fingerprint density at radius 1 is 1.07 bits per heavy atom. The van der Waals surface area contributed by atoms with E-state index in [-0.39, 0.29) is 35.5 Å². The second kappa shape index (κ2) is 7.77. The summed E-state index contributed by atoms with van der Waals surface area (Å²) in [5.41, 5.74) is 1.46. The number of nitro groups is 1. The average Bonchev–Trinajstić information content (AvgIpc) is 3.17. The van der Waals surface area contributed by atoms with Crippen molar-refractivity contribution < 1.29 is 22.5 Å². The van der Waals surface area contributed by atoms with Crippen LogP contribution in [-0.4, -0.2) is 43.2 Å². The predicted octanol–water partition coefficient (Wildman–Crippen LogP) is 2.72. The molecule has 1 amide bonds. The lowest BCUT2D eigenvalue weighted by molar-refractivity contribution is -0.384. The van der Waals surface area contributed by atoms with Gasteiger partial charge in [0.2, 0.25) is 15.9 Å². The standard InChI is InChI=1S/C20H20FN3O5S/c21-16-1-4-18(5-2-16)30(28,29)22-10-7-14(8-11-22)20(25)23-12-9-15-13-17(24(26)27)3-6-19(15)23/h1-6,13-14H,7-12H2. The summed E-state index contributed by atoms with van der Waals surface area (Å²) in [6, 6.07) is 9.19. The molecule has 1 saturated heterocycles. The van der Waals surface area contributed by atoms with Crippen LogP contribution in [0, 0.1) is 21.8 Å². The van der Waals surface area contributed by atoms with Gasteiger partial charge in [0.15, 0.2) is 0 Å². The molecule has 0 spiro atoms. The van der Waals surface area contributed by atoms with Gasteiger partial charge < -0.3 is 4.90 Å². The quantitative estimate of drug-likeness (QED) is 0.545. The number of amides is 1. The molecule has 0 radical (unpaired) electrons. The van der Waals surface area contributed by atoms with Gasteiger partial charge in [0.25, 0.3) is 5.69 Å². The SMILES string of the molecule is O=C(C1CCN(S(=O)(=O)c2ccc(F)cc2)CC1)N1CCc2cc([N+](=O)[O-])ccc21. The van der Waals surface area contributed by atoms with Crippen molar-refractivity contribution in [3.05, 3.63) is 64.0 Å². The van der Waals surface area contributed by atoms with E-state index in [0.717, 1.165) is 17.7 Å². The molecular formula is C20H20FN3O5S. The molecule has 0 unspecified atom stereocenters. The number of sulfonamides is 1. The number of nitro benzene ring substituents is 1. The van der Waals surface area contributed by atoms with Crippen LogP contribution in [0.5, 0.6) is 0 Å². The molecule has 2 aromatic carbocycles. The van der Waals surface area contributed by atoms with Crippen LogP contribution < -0.4 is 4.90 Å². The van der Waals surface area contributed by atoms with Crippen LogP contribution in [0.4, 0.5) is 15.8 Å². The highest BCUT2D eigenvalue weighted by molar-refractivity contribution is 7.89. The van der Waals surface area contributed by atoms with Gasteiger partial charge in [-0.15, -0.1) is 0 Å². The summed E-state index contributed by atoms with van der Waals surface area (Å²) in [4.78, 5) is 25.2. The monoisotopic (exact) mass is 433 g/mol. The van der Waals surface area contributed by atoms with E-state index in [1.807, 2.05) is 0 Å². The van der Waals surface area contributed by atoms with E-state index in [1.165, 1.54) is 28.6 Å². The van der Waals surface area contributed by atoms with Crippen molar-refractivity contribution in [3.63, 3.8) is 0 Å². The third kappa shape index (κ3) is 3.68. The van der Waals surface area contributed by atoms with Gasteiger partial charge in [-0.1, -0.05) is 0 Å². The Bertz CT molecular complexity index is 1100. The molecule has 30 heavy (non-hydrogen) atoms. The molecule has 4 rings (SSSR count). The fourth-order valence-corrected chi connectivity index (χ4v) is 5.52. The Morgan fingerprint density at radius 3 is 2.37 bits per heavy atom. The van der Waals surface area contributed by atoms with Crippen LogP contribution in [0.15, 0.2) is 47.4 Å². The Hall–Kier alpha value is -2.85. The largest absolute Gasteiger partial charge is 0.312 e. The van der Waals surface area contributed by atoms with Crippen LogP contribution in [0.25, 0.3) is 0 Å². The van der Waals surface area contributed by atoms with Gasteiger partial charge in [-0.25, -0.2) is 12.8 Å². The first-order chi connectivity index (χ1) is 14.3. The van der Waals surface area contributed by atoms with Crippen molar-refractivity contribution in [3.8, 4) is 0 Å². The van der Waals surface area contributed by atoms with E-state index in [4.69, 9.17) is 0 Å². The average molecular weight is 433 g/mol. The van der Waals surface area contributed by atoms with Crippen molar-refractivity contribution in [2.45, 2.75) is 24.2 Å². The number of hydrogen-bond donors (Lipinski definition) is 0. The maximum absolute atomic E-state index is 13.1. The molecule has 0 N–H and O–H groups in total. The highest BCUT2D eigenvalue weighted by Gasteiger charge is 2.36. The second-order valence-corrected chi connectivity index (χ2v) is 9.38. The van der Waals surface area contributed by atoms with Gasteiger partial charge in [0.1, 0.15) is 5.82 Å². The number of benzene rings is 2. The molecule has 158 valence electrons. The fraction of sp³-hybridized carbons (Fsp3) is 0.350. The van der Waals surface area contributed by atoms with Crippen LogP contribution in [0.2, 0.25) is 0 Å². The van der Waals surface area contributed by atoms with E-state index in [2.05, 4.69) is 0 Å². The van der Waals surface area contributed by atoms with Gasteiger partial charge in [-0.2, -0.15) is 4.31 Å². The van der Waals surface area contributed by atoms with Gasteiger partial charge in [0, 0.05) is 43.4 Å². The highest BCUT2D eigenvalue weighted by Crippen LogP contribution is 2.34. The Kier molecular flexibility index (Phi) is 5.29. The lowest BCUT2D eigenvalue weighted by Crippen LogP contribution is -2.44. The third-order valence-corrected chi connectivity index (χ3v) is 7.60. The molecule has 0 aromatic heterocycles. The second-order valence-electron chi connectivity index (χ2n) is 7.44. The summed E-state index contributed by atoms with van der Waals surface area (Å²) < 4.78 is 39.9. The minimum Gasteiger partial charge on any atom is -0.312 e. The lowest BCUT2D eigenvalue weighted by atomic mass is 9.96. The van der Waals surface area contributed by atoms with Gasteiger partial charge >= 0.3 is 0 Å². The molecule has 0 atom stereocenters. The Balaban J connectivity index is 1.43. The number of non-ortho nitro benzene ring substituents is 1. The molecule has 0 aliphatic carbocycles. The molecule has 2 aliphatic rings. The van der Waals surface area contributed by atoms with Gasteiger partial charge in [0.05, 0.1) is 9.82 Å². The first-order valence-electron chi connectivity index (χ1n) is 9.62. The minimum absolute atomic E-state index is 0.00218. The van der Waals surface area contributed by atoms with Crippen molar-refractivity contribution in [1.82, 2.24) is 4.31 Å². The summed E-state index contributed by atoms with van der Waals surface area (Å²) in [6.45, 7) is 0.873. The predicted molar refractivity (Wildman–Crippen MR) is 107 cm³/mol. The number of rotatable bonds is 4. The van der Waals surface area contributed by atoms with Gasteiger partial charge in [-0.3, -0.25) is 14.9 Å². The maximum atomic E-state index is 13.1. The molecule has 0 saturated carbocycles. The molecule has 8 nitrogen and oxygen atoms in total. The first-order valence-corrected chi connectivity index (χ1v) is 11.1. The zero-order valence-corrected chi connectivity index (χ0v) is 16.8. The van der Waals surface area contributed by atoms with Crippen molar-refractivity contribution >= 4 is 27.3 Å². The maximum Gasteiger partial charge on any atom is 0.269 e. The van der Waals surface area contributed by atoms with Crippen LogP contribution >= 0.6 is 0 Å². The molecule has 2 aliphatic heterocycles.